The van der Waals surface area contributed by atoms with Gasteiger partial charge in [-0.05, 0) is 18.2 Å². The molecule has 138 valence electrons. The molecule has 1 aromatic rings. The molecule has 0 saturated carbocycles. The van der Waals surface area contributed by atoms with Gasteiger partial charge in [-0.3, -0.25) is 4.79 Å². The van der Waals surface area contributed by atoms with Crippen LogP contribution in [0.3, 0.4) is 0 Å². The van der Waals surface area contributed by atoms with Crippen molar-refractivity contribution < 1.29 is 28.6 Å². The Morgan fingerprint density at radius 3 is 2.46 bits per heavy atom. The molecule has 1 aromatic carbocycles. The summed E-state index contributed by atoms with van der Waals surface area (Å²) in [5, 5.41) is 2.84. The molecule has 26 heavy (non-hydrogen) atoms. The van der Waals surface area contributed by atoms with E-state index in [9.17, 15) is 14.4 Å². The van der Waals surface area contributed by atoms with Crippen molar-refractivity contribution in [3.63, 3.8) is 0 Å². The Kier molecular flexibility index (Phi) is 4.94. The number of benzene rings is 1. The summed E-state index contributed by atoms with van der Waals surface area (Å²) >= 11 is 0. The van der Waals surface area contributed by atoms with Gasteiger partial charge >= 0.3 is 11.9 Å². The number of carbonyl (C=O) groups is 3. The minimum absolute atomic E-state index is 0.0946. The number of hydrogen-bond acceptors (Lipinski definition) is 7. The summed E-state index contributed by atoms with van der Waals surface area (Å²) in [6.45, 7) is 5.11. The van der Waals surface area contributed by atoms with Crippen molar-refractivity contribution in [1.29, 1.82) is 0 Å². The first-order valence-electron chi connectivity index (χ1n) is 8.26. The molecule has 0 unspecified atom stereocenters. The standard InChI is InChI=1S/C18H20N2O6/c1-18(2)25-16(22)14(17(23)26-18)11-19-13-5-3-4-12(10-13)15(21)20-6-8-24-9-7-20/h3-5,10-11,19H,6-9H2,1-2H3. The molecule has 0 aliphatic carbocycles. The summed E-state index contributed by atoms with van der Waals surface area (Å²) in [6.07, 6.45) is 1.22. The third-order valence-electron chi connectivity index (χ3n) is 3.91. The van der Waals surface area contributed by atoms with E-state index in [-0.39, 0.29) is 11.5 Å². The second-order valence-corrected chi connectivity index (χ2v) is 6.37. The number of esters is 2. The van der Waals surface area contributed by atoms with Crippen molar-refractivity contribution >= 4 is 23.5 Å². The highest BCUT2D eigenvalue weighted by molar-refractivity contribution is 6.15. The predicted molar refractivity (Wildman–Crippen MR) is 91.1 cm³/mol. The monoisotopic (exact) mass is 360 g/mol. The van der Waals surface area contributed by atoms with E-state index < -0.39 is 17.7 Å². The summed E-state index contributed by atoms with van der Waals surface area (Å²) in [6, 6.07) is 6.80. The van der Waals surface area contributed by atoms with Crippen LogP contribution in [0.25, 0.3) is 0 Å². The van der Waals surface area contributed by atoms with E-state index in [0.717, 1.165) is 0 Å². The van der Waals surface area contributed by atoms with Gasteiger partial charge in [-0.25, -0.2) is 9.59 Å². The number of hydrogen-bond donors (Lipinski definition) is 1. The molecule has 3 rings (SSSR count). The number of rotatable bonds is 3. The van der Waals surface area contributed by atoms with Gasteiger partial charge in [-0.15, -0.1) is 0 Å². The molecule has 2 heterocycles. The van der Waals surface area contributed by atoms with Gasteiger partial charge in [0.2, 0.25) is 0 Å². The Balaban J connectivity index is 1.72. The Labute approximate surface area is 150 Å². The van der Waals surface area contributed by atoms with Crippen LogP contribution in [0, 0.1) is 0 Å². The van der Waals surface area contributed by atoms with Crippen LogP contribution < -0.4 is 5.32 Å². The number of carbonyl (C=O) groups excluding carboxylic acids is 3. The highest BCUT2D eigenvalue weighted by Crippen LogP contribution is 2.23. The Bertz CT molecular complexity index is 743. The second-order valence-electron chi connectivity index (χ2n) is 6.37. The van der Waals surface area contributed by atoms with E-state index in [1.165, 1.54) is 20.0 Å². The minimum atomic E-state index is -1.28. The molecule has 8 nitrogen and oxygen atoms in total. The SMILES string of the molecule is CC1(C)OC(=O)C(=CNc2cccc(C(=O)N3CCOCC3)c2)C(=O)O1. The molecule has 1 amide bonds. The minimum Gasteiger partial charge on any atom is -0.419 e. The summed E-state index contributed by atoms with van der Waals surface area (Å²) in [4.78, 5) is 38.1. The molecule has 8 heteroatoms. The van der Waals surface area contributed by atoms with Crippen molar-refractivity contribution in [3.05, 3.63) is 41.6 Å². The van der Waals surface area contributed by atoms with E-state index in [2.05, 4.69) is 5.32 Å². The maximum atomic E-state index is 12.5. The molecule has 0 radical (unpaired) electrons. The lowest BCUT2D eigenvalue weighted by Gasteiger charge is -2.29. The van der Waals surface area contributed by atoms with Gasteiger partial charge in [0, 0.05) is 44.4 Å². The number of amides is 1. The molecular formula is C18H20N2O6. The fourth-order valence-electron chi connectivity index (χ4n) is 2.62. The third kappa shape index (κ3) is 4.02. The molecule has 2 saturated heterocycles. The van der Waals surface area contributed by atoms with Crippen LogP contribution >= 0.6 is 0 Å². The number of anilines is 1. The number of morpholine rings is 1. The van der Waals surface area contributed by atoms with Gasteiger partial charge in [-0.2, -0.15) is 0 Å². The van der Waals surface area contributed by atoms with Crippen LogP contribution in [0.1, 0.15) is 24.2 Å². The van der Waals surface area contributed by atoms with E-state index in [1.54, 1.807) is 29.2 Å². The Morgan fingerprint density at radius 1 is 1.15 bits per heavy atom. The smallest absolute Gasteiger partial charge is 0.350 e. The normalized spacial score (nSPS) is 19.5. The first kappa shape index (κ1) is 17.9. The lowest BCUT2D eigenvalue weighted by molar-refractivity contribution is -0.222. The van der Waals surface area contributed by atoms with Crippen molar-refractivity contribution in [3.8, 4) is 0 Å². The predicted octanol–water partition coefficient (Wildman–Crippen LogP) is 1.29. The van der Waals surface area contributed by atoms with Gasteiger partial charge < -0.3 is 24.4 Å². The average molecular weight is 360 g/mol. The first-order valence-corrected chi connectivity index (χ1v) is 8.26. The van der Waals surface area contributed by atoms with E-state index in [0.29, 0.717) is 37.6 Å². The molecule has 0 aromatic heterocycles. The number of nitrogens with zero attached hydrogens (tertiary/aromatic N) is 1. The summed E-state index contributed by atoms with van der Waals surface area (Å²) in [5.74, 6) is -2.91. The van der Waals surface area contributed by atoms with E-state index in [4.69, 9.17) is 14.2 Å². The Hall–Kier alpha value is -2.87. The lowest BCUT2D eigenvalue weighted by Crippen LogP contribution is -2.42. The molecule has 2 aliphatic heterocycles. The summed E-state index contributed by atoms with van der Waals surface area (Å²) in [7, 11) is 0. The van der Waals surface area contributed by atoms with Crippen LogP contribution in [-0.2, 0) is 23.8 Å². The topological polar surface area (TPSA) is 94.2 Å². The van der Waals surface area contributed by atoms with Gasteiger partial charge in [0.15, 0.2) is 5.57 Å². The van der Waals surface area contributed by atoms with Crippen LogP contribution in [-0.4, -0.2) is 54.8 Å². The summed E-state index contributed by atoms with van der Waals surface area (Å²) in [5.41, 5.74) is 0.821. The molecule has 0 spiro atoms. The maximum absolute atomic E-state index is 12.5. The highest BCUT2D eigenvalue weighted by Gasteiger charge is 2.38. The molecular weight excluding hydrogens is 340 g/mol. The molecule has 0 bridgehead atoms. The largest absolute Gasteiger partial charge is 0.419 e. The number of nitrogens with one attached hydrogen (secondary N) is 1. The zero-order valence-electron chi connectivity index (χ0n) is 14.6. The van der Waals surface area contributed by atoms with Crippen molar-refractivity contribution in [1.82, 2.24) is 4.90 Å². The Morgan fingerprint density at radius 2 is 1.81 bits per heavy atom. The fourth-order valence-corrected chi connectivity index (χ4v) is 2.62. The van der Waals surface area contributed by atoms with Crippen LogP contribution in [0.15, 0.2) is 36.0 Å². The van der Waals surface area contributed by atoms with Gasteiger partial charge in [-0.1, -0.05) is 6.07 Å². The molecule has 2 fully saturated rings. The zero-order chi connectivity index (χ0) is 18.7. The van der Waals surface area contributed by atoms with Gasteiger partial charge in [0.1, 0.15) is 0 Å². The summed E-state index contributed by atoms with van der Waals surface area (Å²) < 4.78 is 15.3. The molecule has 0 atom stereocenters. The average Bonchev–Trinajstić information content (AvgIpc) is 2.60. The highest BCUT2D eigenvalue weighted by atomic mass is 16.7. The van der Waals surface area contributed by atoms with Crippen molar-refractivity contribution in [2.75, 3.05) is 31.6 Å². The van der Waals surface area contributed by atoms with Crippen LogP contribution in [0.4, 0.5) is 5.69 Å². The quantitative estimate of drug-likeness (QED) is 0.493. The number of ether oxygens (including phenoxy) is 3. The lowest BCUT2D eigenvalue weighted by atomic mass is 10.1. The van der Waals surface area contributed by atoms with Crippen LogP contribution in [0.5, 0.6) is 0 Å². The first-order chi connectivity index (χ1) is 12.4. The maximum Gasteiger partial charge on any atom is 0.350 e. The third-order valence-corrected chi connectivity index (χ3v) is 3.91. The van der Waals surface area contributed by atoms with Crippen molar-refractivity contribution in [2.24, 2.45) is 0 Å². The zero-order valence-corrected chi connectivity index (χ0v) is 14.6. The molecule has 1 N–H and O–H groups in total. The molecule has 2 aliphatic rings. The number of cyclic esters (lactones) is 2. The van der Waals surface area contributed by atoms with Gasteiger partial charge in [0.25, 0.3) is 11.7 Å². The van der Waals surface area contributed by atoms with Crippen LogP contribution in [0.2, 0.25) is 0 Å². The van der Waals surface area contributed by atoms with E-state index >= 15 is 0 Å². The second kappa shape index (κ2) is 7.17. The van der Waals surface area contributed by atoms with Crippen molar-refractivity contribution in [2.45, 2.75) is 19.6 Å². The fraction of sp³-hybridized carbons (Fsp3) is 0.389. The van der Waals surface area contributed by atoms with E-state index in [1.807, 2.05) is 0 Å². The van der Waals surface area contributed by atoms with Gasteiger partial charge in [0.05, 0.1) is 13.2 Å².